The molecule has 1 amide bonds. The topological polar surface area (TPSA) is 66.9 Å². The second-order valence-corrected chi connectivity index (χ2v) is 6.42. The molecule has 1 aromatic heterocycles. The van der Waals surface area contributed by atoms with Gasteiger partial charge in [0.05, 0.1) is 5.52 Å². The number of fused-ring (bicyclic) bond motifs is 1. The van der Waals surface area contributed by atoms with E-state index >= 15 is 0 Å². The number of nitrogens with one attached hydrogen (secondary N) is 2. The molecule has 0 unspecified atom stereocenters. The maximum atomic E-state index is 12.6. The van der Waals surface area contributed by atoms with Gasteiger partial charge in [-0.05, 0) is 23.3 Å². The number of rotatable bonds is 6. The molecule has 28 heavy (non-hydrogen) atoms. The second-order valence-electron chi connectivity index (χ2n) is 6.42. The van der Waals surface area contributed by atoms with Gasteiger partial charge < -0.3 is 10.6 Å². The molecule has 0 radical (unpaired) electrons. The third-order valence-corrected chi connectivity index (χ3v) is 4.40. The van der Waals surface area contributed by atoms with Crippen LogP contribution in [0.3, 0.4) is 0 Å². The minimum atomic E-state index is -0.294. The van der Waals surface area contributed by atoms with Gasteiger partial charge >= 0.3 is 0 Å². The Balaban J connectivity index is 1.57. The van der Waals surface area contributed by atoms with Crippen molar-refractivity contribution in [2.75, 3.05) is 5.32 Å². The van der Waals surface area contributed by atoms with Crippen molar-refractivity contribution in [3.63, 3.8) is 0 Å². The molecule has 0 aliphatic heterocycles. The van der Waals surface area contributed by atoms with Crippen LogP contribution in [0.5, 0.6) is 0 Å². The van der Waals surface area contributed by atoms with Gasteiger partial charge in [0.1, 0.15) is 5.82 Å². The first-order valence-corrected chi connectivity index (χ1v) is 9.16. The predicted molar refractivity (Wildman–Crippen MR) is 111 cm³/mol. The van der Waals surface area contributed by atoms with Gasteiger partial charge in [0.25, 0.3) is 5.91 Å². The number of carbonyl (C=O) groups is 1. The zero-order valence-corrected chi connectivity index (χ0v) is 15.3. The van der Waals surface area contributed by atoms with Crippen molar-refractivity contribution in [2.24, 2.45) is 0 Å². The lowest BCUT2D eigenvalue weighted by molar-refractivity contribution is 0.0941. The summed E-state index contributed by atoms with van der Waals surface area (Å²) >= 11 is 0. The predicted octanol–water partition coefficient (Wildman–Crippen LogP) is 4.17. The standard InChI is InChI=1S/C23H20N4O/c28-23(25-16-18-11-5-2-6-12-18)22-26-20-14-8-7-13-19(20)21(27-22)24-15-17-9-3-1-4-10-17/h1-14H,15-16H2,(H,25,28)(H,24,26,27). The number of anilines is 1. The number of nitrogens with zero attached hydrogens (tertiary/aromatic N) is 2. The number of hydrogen-bond donors (Lipinski definition) is 2. The number of para-hydroxylation sites is 1. The first-order chi connectivity index (χ1) is 13.8. The first-order valence-electron chi connectivity index (χ1n) is 9.16. The second kappa shape index (κ2) is 8.31. The summed E-state index contributed by atoms with van der Waals surface area (Å²) in [7, 11) is 0. The van der Waals surface area contributed by atoms with E-state index in [1.807, 2.05) is 84.9 Å². The number of hydrogen-bond acceptors (Lipinski definition) is 4. The lowest BCUT2D eigenvalue weighted by atomic mass is 10.2. The number of aromatic nitrogens is 2. The summed E-state index contributed by atoms with van der Waals surface area (Å²) in [5, 5.41) is 7.12. The fourth-order valence-electron chi connectivity index (χ4n) is 2.95. The van der Waals surface area contributed by atoms with Gasteiger partial charge in [-0.15, -0.1) is 0 Å². The molecule has 5 nitrogen and oxygen atoms in total. The molecule has 0 saturated heterocycles. The Kier molecular flexibility index (Phi) is 5.24. The van der Waals surface area contributed by atoms with Crippen molar-refractivity contribution in [1.29, 1.82) is 0 Å². The van der Waals surface area contributed by atoms with Gasteiger partial charge in [-0.25, -0.2) is 9.97 Å². The van der Waals surface area contributed by atoms with Gasteiger partial charge in [-0.2, -0.15) is 0 Å². The molecule has 4 rings (SSSR count). The summed E-state index contributed by atoms with van der Waals surface area (Å²) in [4.78, 5) is 21.6. The van der Waals surface area contributed by atoms with Crippen molar-refractivity contribution in [2.45, 2.75) is 13.1 Å². The van der Waals surface area contributed by atoms with Gasteiger partial charge in [0.2, 0.25) is 5.82 Å². The quantitative estimate of drug-likeness (QED) is 0.536. The van der Waals surface area contributed by atoms with Crippen LogP contribution in [0.2, 0.25) is 0 Å². The Morgan fingerprint density at radius 2 is 1.32 bits per heavy atom. The van der Waals surface area contributed by atoms with Crippen molar-refractivity contribution in [3.05, 3.63) is 102 Å². The summed E-state index contributed by atoms with van der Waals surface area (Å²) in [6.45, 7) is 1.05. The molecule has 0 fully saturated rings. The van der Waals surface area contributed by atoms with Crippen LogP contribution in [0.15, 0.2) is 84.9 Å². The highest BCUT2D eigenvalue weighted by molar-refractivity contribution is 5.96. The molecule has 0 saturated carbocycles. The summed E-state index contributed by atoms with van der Waals surface area (Å²) in [6, 6.07) is 27.5. The molecule has 1 heterocycles. The Bertz CT molecular complexity index is 1080. The summed E-state index contributed by atoms with van der Waals surface area (Å²) in [5.74, 6) is 0.516. The van der Waals surface area contributed by atoms with Crippen LogP contribution >= 0.6 is 0 Å². The van der Waals surface area contributed by atoms with Crippen LogP contribution in [0.1, 0.15) is 21.7 Å². The zero-order chi connectivity index (χ0) is 19.2. The zero-order valence-electron chi connectivity index (χ0n) is 15.3. The Morgan fingerprint density at radius 1 is 0.714 bits per heavy atom. The van der Waals surface area contributed by atoms with Gasteiger partial charge in [-0.1, -0.05) is 72.8 Å². The molecule has 0 aliphatic carbocycles. The summed E-state index contributed by atoms with van der Waals surface area (Å²) in [6.07, 6.45) is 0. The highest BCUT2D eigenvalue weighted by Gasteiger charge is 2.13. The van der Waals surface area contributed by atoms with Crippen molar-refractivity contribution >= 4 is 22.6 Å². The maximum Gasteiger partial charge on any atom is 0.289 e. The SMILES string of the molecule is O=C(NCc1ccccc1)c1nc(NCc2ccccc2)c2ccccc2n1. The van der Waals surface area contributed by atoms with E-state index in [0.717, 1.165) is 22.0 Å². The Morgan fingerprint density at radius 3 is 2.04 bits per heavy atom. The molecule has 5 heteroatoms. The number of benzene rings is 3. The third-order valence-electron chi connectivity index (χ3n) is 4.40. The molecular formula is C23H20N4O. The van der Waals surface area contributed by atoms with Crippen LogP contribution in [0, 0.1) is 0 Å². The highest BCUT2D eigenvalue weighted by atomic mass is 16.2. The molecule has 138 valence electrons. The fraction of sp³-hybridized carbons (Fsp3) is 0.0870. The van der Waals surface area contributed by atoms with E-state index in [1.165, 1.54) is 0 Å². The maximum absolute atomic E-state index is 12.6. The number of amides is 1. The van der Waals surface area contributed by atoms with Crippen LogP contribution in [0.25, 0.3) is 10.9 Å². The van der Waals surface area contributed by atoms with E-state index in [0.29, 0.717) is 18.9 Å². The molecule has 2 N–H and O–H groups in total. The molecule has 0 bridgehead atoms. The van der Waals surface area contributed by atoms with E-state index in [9.17, 15) is 4.79 Å². The first kappa shape index (κ1) is 17.7. The third kappa shape index (κ3) is 4.15. The molecule has 0 atom stereocenters. The summed E-state index contributed by atoms with van der Waals surface area (Å²) in [5.41, 5.74) is 2.90. The average molecular weight is 368 g/mol. The van der Waals surface area contributed by atoms with Crippen LogP contribution in [-0.4, -0.2) is 15.9 Å². The molecule has 4 aromatic rings. The fourth-order valence-corrected chi connectivity index (χ4v) is 2.95. The molecule has 0 aliphatic rings. The van der Waals surface area contributed by atoms with E-state index < -0.39 is 0 Å². The van der Waals surface area contributed by atoms with E-state index in [2.05, 4.69) is 20.6 Å². The van der Waals surface area contributed by atoms with E-state index in [1.54, 1.807) is 0 Å². The lowest BCUT2D eigenvalue weighted by Crippen LogP contribution is -2.25. The van der Waals surface area contributed by atoms with Gasteiger partial charge in [-0.3, -0.25) is 4.79 Å². The minimum absolute atomic E-state index is 0.158. The van der Waals surface area contributed by atoms with Crippen LogP contribution < -0.4 is 10.6 Å². The smallest absolute Gasteiger partial charge is 0.289 e. The van der Waals surface area contributed by atoms with Crippen LogP contribution in [0.4, 0.5) is 5.82 Å². The number of carbonyl (C=O) groups excluding carboxylic acids is 1. The van der Waals surface area contributed by atoms with E-state index in [4.69, 9.17) is 0 Å². The van der Waals surface area contributed by atoms with Gasteiger partial charge in [0.15, 0.2) is 0 Å². The van der Waals surface area contributed by atoms with E-state index in [-0.39, 0.29) is 11.7 Å². The van der Waals surface area contributed by atoms with Crippen molar-refractivity contribution in [1.82, 2.24) is 15.3 Å². The molecular weight excluding hydrogens is 348 g/mol. The van der Waals surface area contributed by atoms with Gasteiger partial charge in [0, 0.05) is 18.5 Å². The monoisotopic (exact) mass is 368 g/mol. The largest absolute Gasteiger partial charge is 0.365 e. The Hall–Kier alpha value is -3.73. The normalized spacial score (nSPS) is 10.6. The Labute approximate surface area is 163 Å². The highest BCUT2D eigenvalue weighted by Crippen LogP contribution is 2.21. The minimum Gasteiger partial charge on any atom is -0.365 e. The lowest BCUT2D eigenvalue weighted by Gasteiger charge is -2.11. The van der Waals surface area contributed by atoms with Crippen molar-refractivity contribution in [3.8, 4) is 0 Å². The summed E-state index contributed by atoms with van der Waals surface area (Å²) < 4.78 is 0. The van der Waals surface area contributed by atoms with Crippen LogP contribution in [-0.2, 0) is 13.1 Å². The molecule has 3 aromatic carbocycles. The average Bonchev–Trinajstić information content (AvgIpc) is 2.77. The van der Waals surface area contributed by atoms with Crippen molar-refractivity contribution < 1.29 is 4.79 Å². The molecule has 0 spiro atoms.